The third kappa shape index (κ3) is 5.42. The number of methoxy groups -OCH3 is 1. The van der Waals surface area contributed by atoms with Crippen LogP contribution in [0.4, 0.5) is 17.3 Å². The standard InChI is InChI=1S/C27H29N5O3S/c1-17(33)28-20-7-4-8-21(15-20)35-26-25-23(11-13-36-25)30-27(31-26)29-22-10-9-18(14-24(22)34-3)19-6-5-12-32(2)16-19/h4,7-11,13-15,19H,5-6,12,16H2,1-3H3,(H,28,33)(H,29,30,31). The Hall–Kier alpha value is -3.69. The van der Waals surface area contributed by atoms with E-state index in [1.54, 1.807) is 13.2 Å². The lowest BCUT2D eigenvalue weighted by Crippen LogP contribution is -2.30. The minimum Gasteiger partial charge on any atom is -0.495 e. The molecular weight excluding hydrogens is 474 g/mol. The van der Waals surface area contributed by atoms with Crippen LogP contribution in [-0.2, 0) is 4.79 Å². The number of likely N-dealkylation sites (tertiary alicyclic amines) is 1. The average molecular weight is 504 g/mol. The van der Waals surface area contributed by atoms with E-state index in [4.69, 9.17) is 9.47 Å². The topological polar surface area (TPSA) is 88.6 Å². The Balaban J connectivity index is 1.42. The molecule has 186 valence electrons. The van der Waals surface area contributed by atoms with Crippen molar-refractivity contribution in [2.24, 2.45) is 0 Å². The van der Waals surface area contributed by atoms with Crippen molar-refractivity contribution in [2.75, 3.05) is 37.9 Å². The molecule has 3 heterocycles. The molecule has 0 saturated carbocycles. The number of aromatic nitrogens is 2. The van der Waals surface area contributed by atoms with E-state index in [-0.39, 0.29) is 5.91 Å². The molecule has 5 rings (SSSR count). The highest BCUT2D eigenvalue weighted by Crippen LogP contribution is 2.36. The van der Waals surface area contributed by atoms with Gasteiger partial charge in [0.05, 0.1) is 18.3 Å². The van der Waals surface area contributed by atoms with Gasteiger partial charge in [-0.25, -0.2) is 4.98 Å². The fraction of sp³-hybridized carbons (Fsp3) is 0.296. The molecule has 1 atom stereocenters. The van der Waals surface area contributed by atoms with Gasteiger partial charge in [-0.3, -0.25) is 4.79 Å². The number of anilines is 3. The molecule has 0 spiro atoms. The van der Waals surface area contributed by atoms with Crippen molar-refractivity contribution >= 4 is 44.8 Å². The summed E-state index contributed by atoms with van der Waals surface area (Å²) < 4.78 is 12.7. The molecule has 9 heteroatoms. The molecule has 2 N–H and O–H groups in total. The van der Waals surface area contributed by atoms with Crippen molar-refractivity contribution < 1.29 is 14.3 Å². The second-order valence-electron chi connectivity index (χ2n) is 8.98. The molecule has 1 unspecified atom stereocenters. The maximum atomic E-state index is 11.4. The van der Waals surface area contributed by atoms with E-state index in [1.165, 1.54) is 36.7 Å². The minimum atomic E-state index is -0.142. The second kappa shape index (κ2) is 10.5. The van der Waals surface area contributed by atoms with Gasteiger partial charge in [-0.2, -0.15) is 4.98 Å². The van der Waals surface area contributed by atoms with E-state index >= 15 is 0 Å². The summed E-state index contributed by atoms with van der Waals surface area (Å²) in [5.74, 6) is 2.53. The van der Waals surface area contributed by atoms with Crippen LogP contribution in [0, 0.1) is 0 Å². The summed E-state index contributed by atoms with van der Waals surface area (Å²) in [7, 11) is 3.85. The number of ether oxygens (including phenoxy) is 2. The van der Waals surface area contributed by atoms with Crippen LogP contribution in [0.5, 0.6) is 17.4 Å². The Labute approximate surface area is 214 Å². The summed E-state index contributed by atoms with van der Waals surface area (Å²) in [4.78, 5) is 23.2. The highest BCUT2D eigenvalue weighted by Gasteiger charge is 2.20. The molecule has 1 aliphatic rings. The first-order chi connectivity index (χ1) is 17.5. The molecule has 0 bridgehead atoms. The first kappa shape index (κ1) is 24.0. The third-order valence-corrected chi connectivity index (χ3v) is 7.10. The highest BCUT2D eigenvalue weighted by atomic mass is 32.1. The maximum absolute atomic E-state index is 11.4. The minimum absolute atomic E-state index is 0.142. The highest BCUT2D eigenvalue weighted by molar-refractivity contribution is 7.17. The number of hydrogen-bond donors (Lipinski definition) is 2. The van der Waals surface area contributed by atoms with Gasteiger partial charge in [0.25, 0.3) is 0 Å². The normalized spacial score (nSPS) is 16.0. The predicted octanol–water partition coefficient (Wildman–Crippen LogP) is 6.00. The number of hydrogen-bond acceptors (Lipinski definition) is 8. The Morgan fingerprint density at radius 3 is 2.86 bits per heavy atom. The molecule has 1 amide bonds. The number of fused-ring (bicyclic) bond motifs is 1. The van der Waals surface area contributed by atoms with E-state index in [2.05, 4.69) is 44.7 Å². The Morgan fingerprint density at radius 1 is 1.17 bits per heavy atom. The SMILES string of the molecule is COc1cc(C2CCCN(C)C2)ccc1Nc1nc(Oc2cccc(NC(C)=O)c2)c2sccc2n1. The number of carbonyl (C=O) groups excluding carboxylic acids is 1. The van der Waals surface area contributed by atoms with Crippen LogP contribution in [0.3, 0.4) is 0 Å². The first-order valence-electron chi connectivity index (χ1n) is 11.9. The van der Waals surface area contributed by atoms with Crippen molar-refractivity contribution in [1.82, 2.24) is 14.9 Å². The molecule has 2 aromatic carbocycles. The molecule has 0 radical (unpaired) electrons. The lowest BCUT2D eigenvalue weighted by molar-refractivity contribution is -0.114. The monoisotopic (exact) mass is 503 g/mol. The molecule has 2 aromatic heterocycles. The van der Waals surface area contributed by atoms with Crippen LogP contribution in [-0.4, -0.2) is 48.0 Å². The predicted molar refractivity (Wildman–Crippen MR) is 144 cm³/mol. The van der Waals surface area contributed by atoms with E-state index in [1.807, 2.05) is 35.7 Å². The van der Waals surface area contributed by atoms with Crippen molar-refractivity contribution in [2.45, 2.75) is 25.7 Å². The van der Waals surface area contributed by atoms with Gasteiger partial charge in [-0.15, -0.1) is 11.3 Å². The molecule has 8 nitrogen and oxygen atoms in total. The number of piperidine rings is 1. The zero-order chi connectivity index (χ0) is 25.1. The molecule has 0 aliphatic carbocycles. The van der Waals surface area contributed by atoms with Crippen LogP contribution in [0.1, 0.15) is 31.2 Å². The fourth-order valence-corrected chi connectivity index (χ4v) is 5.29. The van der Waals surface area contributed by atoms with Crippen molar-refractivity contribution in [3.8, 4) is 17.4 Å². The van der Waals surface area contributed by atoms with Crippen molar-refractivity contribution in [3.63, 3.8) is 0 Å². The van der Waals surface area contributed by atoms with Crippen LogP contribution in [0.2, 0.25) is 0 Å². The number of carbonyl (C=O) groups is 1. The third-order valence-electron chi connectivity index (χ3n) is 6.21. The summed E-state index contributed by atoms with van der Waals surface area (Å²) in [6.07, 6.45) is 2.39. The van der Waals surface area contributed by atoms with Crippen LogP contribution in [0.15, 0.2) is 53.9 Å². The average Bonchev–Trinajstić information content (AvgIpc) is 3.33. The van der Waals surface area contributed by atoms with E-state index in [0.29, 0.717) is 29.2 Å². The quantitative estimate of drug-likeness (QED) is 0.320. The van der Waals surface area contributed by atoms with Gasteiger partial charge in [0, 0.05) is 25.2 Å². The van der Waals surface area contributed by atoms with Gasteiger partial charge in [-0.05, 0) is 73.6 Å². The largest absolute Gasteiger partial charge is 0.495 e. The van der Waals surface area contributed by atoms with Crippen LogP contribution in [0.25, 0.3) is 10.2 Å². The summed E-state index contributed by atoms with van der Waals surface area (Å²) in [6.45, 7) is 3.68. The summed E-state index contributed by atoms with van der Waals surface area (Å²) in [5.41, 5.74) is 3.51. The van der Waals surface area contributed by atoms with Gasteiger partial charge in [0.15, 0.2) is 0 Å². The fourth-order valence-electron chi connectivity index (χ4n) is 4.54. The smallest absolute Gasteiger partial charge is 0.242 e. The van der Waals surface area contributed by atoms with Gasteiger partial charge < -0.3 is 25.0 Å². The summed E-state index contributed by atoms with van der Waals surface area (Å²) in [5, 5.41) is 8.05. The van der Waals surface area contributed by atoms with Crippen LogP contribution >= 0.6 is 11.3 Å². The van der Waals surface area contributed by atoms with Gasteiger partial charge in [-0.1, -0.05) is 12.1 Å². The molecular formula is C27H29N5O3S. The number of benzene rings is 2. The Bertz CT molecular complexity index is 1390. The first-order valence-corrected chi connectivity index (χ1v) is 12.8. The summed E-state index contributed by atoms with van der Waals surface area (Å²) >= 11 is 1.51. The van der Waals surface area contributed by atoms with E-state index in [9.17, 15) is 4.79 Å². The van der Waals surface area contributed by atoms with Gasteiger partial charge in [0.1, 0.15) is 16.2 Å². The Morgan fingerprint density at radius 2 is 2.06 bits per heavy atom. The molecule has 1 saturated heterocycles. The molecule has 4 aromatic rings. The molecule has 36 heavy (non-hydrogen) atoms. The number of thiophene rings is 1. The van der Waals surface area contributed by atoms with Crippen molar-refractivity contribution in [3.05, 3.63) is 59.5 Å². The van der Waals surface area contributed by atoms with Crippen LogP contribution < -0.4 is 20.1 Å². The number of nitrogens with one attached hydrogen (secondary N) is 2. The number of likely N-dealkylation sites (N-methyl/N-ethyl adjacent to an activating group) is 1. The zero-order valence-corrected chi connectivity index (χ0v) is 21.4. The van der Waals surface area contributed by atoms with Gasteiger partial charge in [0.2, 0.25) is 17.7 Å². The zero-order valence-electron chi connectivity index (χ0n) is 20.6. The lowest BCUT2D eigenvalue weighted by atomic mass is 9.90. The summed E-state index contributed by atoms with van der Waals surface area (Å²) in [6, 6.07) is 15.5. The number of amides is 1. The Kier molecular flexibility index (Phi) is 7.02. The van der Waals surface area contributed by atoms with Gasteiger partial charge >= 0.3 is 0 Å². The second-order valence-corrected chi connectivity index (χ2v) is 9.90. The van der Waals surface area contributed by atoms with Crippen molar-refractivity contribution in [1.29, 1.82) is 0 Å². The number of nitrogens with zero attached hydrogens (tertiary/aromatic N) is 3. The molecule has 1 fully saturated rings. The lowest BCUT2D eigenvalue weighted by Gasteiger charge is -2.30. The van der Waals surface area contributed by atoms with E-state index in [0.717, 1.165) is 34.7 Å². The van der Waals surface area contributed by atoms with E-state index < -0.39 is 0 Å². The number of rotatable bonds is 7. The maximum Gasteiger partial charge on any atom is 0.242 e. The molecule has 1 aliphatic heterocycles.